The summed E-state index contributed by atoms with van der Waals surface area (Å²) in [6.07, 6.45) is -6.35. The van der Waals surface area contributed by atoms with Crippen LogP contribution in [-0.2, 0) is 16.4 Å². The third kappa shape index (κ3) is 2.86. The minimum atomic E-state index is -4.59. The van der Waals surface area contributed by atoms with Gasteiger partial charge in [-0.1, -0.05) is 18.2 Å². The number of aliphatic carboxylic acids is 1. The number of carboxylic acids is 1. The minimum absolute atomic E-state index is 0.0275. The molecule has 0 N–H and O–H groups in total. The molecule has 1 amide bonds. The van der Waals surface area contributed by atoms with Crippen molar-refractivity contribution in [3.63, 3.8) is 0 Å². The number of hydrogen-bond donors (Lipinski definition) is 0. The Labute approximate surface area is 124 Å². The Morgan fingerprint density at radius 2 is 1.73 bits per heavy atom. The van der Waals surface area contributed by atoms with E-state index in [1.807, 2.05) is 0 Å². The largest absolute Gasteiger partial charge is 0.549 e. The zero-order chi connectivity index (χ0) is 16.5. The number of hydrogen-bond acceptors (Lipinski definition) is 4. The van der Waals surface area contributed by atoms with Gasteiger partial charge in [0.2, 0.25) is 0 Å². The summed E-state index contributed by atoms with van der Waals surface area (Å²) in [7, 11) is 0. The molecule has 8 heteroatoms. The first-order valence-corrected chi connectivity index (χ1v) is 6.52. The van der Waals surface area contributed by atoms with Crippen LogP contribution in [0, 0.1) is 0 Å². The molecule has 1 aromatic carbocycles. The molecule has 1 aliphatic rings. The summed E-state index contributed by atoms with van der Waals surface area (Å²) < 4.78 is 38.3. The molecular weight excluding hydrogens is 303 g/mol. The highest BCUT2D eigenvalue weighted by molar-refractivity contribution is 5.80. The van der Waals surface area contributed by atoms with Crippen molar-refractivity contribution in [2.45, 2.75) is 24.4 Å². The smallest absolute Gasteiger partial charge is 0.416 e. The van der Waals surface area contributed by atoms with Crippen molar-refractivity contribution >= 4 is 12.1 Å². The molecule has 0 spiro atoms. The van der Waals surface area contributed by atoms with E-state index in [0.717, 1.165) is 23.1 Å². The van der Waals surface area contributed by atoms with E-state index in [9.17, 15) is 33.0 Å². The summed E-state index contributed by atoms with van der Waals surface area (Å²) in [5, 5.41) is 22.3. The van der Waals surface area contributed by atoms with Crippen molar-refractivity contribution in [2.75, 3.05) is 13.1 Å². The van der Waals surface area contributed by atoms with E-state index in [0.29, 0.717) is 0 Å². The van der Waals surface area contributed by atoms with E-state index in [1.165, 1.54) is 6.07 Å². The van der Waals surface area contributed by atoms with Crippen LogP contribution in [0.15, 0.2) is 24.3 Å². The van der Waals surface area contributed by atoms with Crippen molar-refractivity contribution in [2.24, 2.45) is 0 Å². The maximum atomic E-state index is 12.8. The van der Waals surface area contributed by atoms with Crippen molar-refractivity contribution < 1.29 is 33.0 Å². The Balaban J connectivity index is 2.38. The molecule has 0 saturated carbocycles. The Morgan fingerprint density at radius 1 is 1.14 bits per heavy atom. The van der Waals surface area contributed by atoms with Crippen LogP contribution in [0.5, 0.6) is 0 Å². The quantitative estimate of drug-likeness (QED) is 0.777. The number of carboxylic acid groups (broad SMARTS) is 2. The van der Waals surface area contributed by atoms with E-state index in [1.54, 1.807) is 0 Å². The number of amides is 1. The van der Waals surface area contributed by atoms with Gasteiger partial charge in [-0.25, -0.2) is 0 Å². The fraction of sp³-hybridized carbons (Fsp3) is 0.429. The van der Waals surface area contributed by atoms with Crippen LogP contribution in [0.4, 0.5) is 18.0 Å². The molecule has 0 aromatic heterocycles. The maximum Gasteiger partial charge on any atom is 0.416 e. The number of alkyl halides is 3. The summed E-state index contributed by atoms with van der Waals surface area (Å²) >= 11 is 0. The Hall–Kier alpha value is -2.25. The van der Waals surface area contributed by atoms with Crippen LogP contribution in [0.25, 0.3) is 0 Å². The van der Waals surface area contributed by atoms with Gasteiger partial charge in [-0.15, -0.1) is 0 Å². The number of piperidine rings is 1. The molecule has 1 saturated heterocycles. The average Bonchev–Trinajstić information content (AvgIpc) is 2.46. The number of rotatable bonds is 2. The zero-order valence-corrected chi connectivity index (χ0v) is 11.4. The number of benzene rings is 1. The molecule has 22 heavy (non-hydrogen) atoms. The van der Waals surface area contributed by atoms with Gasteiger partial charge < -0.3 is 24.7 Å². The highest BCUT2D eigenvalue weighted by atomic mass is 19.4. The molecule has 0 unspecified atom stereocenters. The van der Waals surface area contributed by atoms with E-state index in [4.69, 9.17) is 0 Å². The van der Waals surface area contributed by atoms with Crippen molar-refractivity contribution in [1.82, 2.24) is 4.90 Å². The van der Waals surface area contributed by atoms with Crippen LogP contribution in [-0.4, -0.2) is 30.1 Å². The van der Waals surface area contributed by atoms with E-state index >= 15 is 0 Å². The highest BCUT2D eigenvalue weighted by Gasteiger charge is 2.39. The lowest BCUT2D eigenvalue weighted by atomic mass is 9.72. The van der Waals surface area contributed by atoms with Gasteiger partial charge in [-0.05, 0) is 24.5 Å². The van der Waals surface area contributed by atoms with Gasteiger partial charge in [0.1, 0.15) is 6.09 Å². The van der Waals surface area contributed by atoms with Gasteiger partial charge in [0.25, 0.3) is 0 Å². The number of nitrogens with zero attached hydrogens (tertiary/aromatic N) is 1. The van der Waals surface area contributed by atoms with E-state index < -0.39 is 29.2 Å². The number of carbonyl (C=O) groups is 2. The molecule has 0 atom stereocenters. The molecule has 0 bridgehead atoms. The van der Waals surface area contributed by atoms with Gasteiger partial charge in [0, 0.05) is 18.5 Å². The lowest BCUT2D eigenvalue weighted by molar-refractivity contribution is -0.316. The zero-order valence-electron chi connectivity index (χ0n) is 11.4. The van der Waals surface area contributed by atoms with E-state index in [2.05, 4.69) is 0 Å². The van der Waals surface area contributed by atoms with Crippen LogP contribution >= 0.6 is 0 Å². The van der Waals surface area contributed by atoms with Crippen LogP contribution in [0.2, 0.25) is 0 Å². The third-order valence-corrected chi connectivity index (χ3v) is 4.01. The second-order valence-corrected chi connectivity index (χ2v) is 5.20. The number of likely N-dealkylation sites (tertiary alicyclic amines) is 1. The maximum absolute atomic E-state index is 12.8. The minimum Gasteiger partial charge on any atom is -0.549 e. The Kier molecular flexibility index (Phi) is 4.04. The molecule has 1 fully saturated rings. The topological polar surface area (TPSA) is 83.5 Å². The Morgan fingerprint density at radius 3 is 2.18 bits per heavy atom. The predicted molar refractivity (Wildman–Crippen MR) is 64.3 cm³/mol. The van der Waals surface area contributed by atoms with Gasteiger partial charge in [-0.2, -0.15) is 13.2 Å². The van der Waals surface area contributed by atoms with Gasteiger partial charge in [-0.3, -0.25) is 0 Å². The first kappa shape index (κ1) is 16.1. The van der Waals surface area contributed by atoms with Gasteiger partial charge in [0.15, 0.2) is 0 Å². The predicted octanol–water partition coefficient (Wildman–Crippen LogP) is 0.132. The molecule has 5 nitrogen and oxygen atoms in total. The molecule has 0 radical (unpaired) electrons. The third-order valence-electron chi connectivity index (χ3n) is 4.01. The lowest BCUT2D eigenvalue weighted by Gasteiger charge is -2.43. The monoisotopic (exact) mass is 315 g/mol. The SMILES string of the molecule is O=C([O-])N1CCC(C(=O)[O-])(c2cccc(C(F)(F)F)c2)CC1. The molecule has 120 valence electrons. The van der Waals surface area contributed by atoms with Crippen LogP contribution in [0.1, 0.15) is 24.0 Å². The summed E-state index contributed by atoms with van der Waals surface area (Å²) in [5.74, 6) is -1.51. The number of halogens is 3. The first-order valence-electron chi connectivity index (χ1n) is 6.52. The van der Waals surface area contributed by atoms with Crippen molar-refractivity contribution in [3.8, 4) is 0 Å². The summed E-state index contributed by atoms with van der Waals surface area (Å²) in [6.45, 7) is -0.265. The van der Waals surface area contributed by atoms with Crippen LogP contribution < -0.4 is 10.2 Å². The Bertz CT molecular complexity index is 592. The average molecular weight is 315 g/mol. The lowest BCUT2D eigenvalue weighted by Crippen LogP contribution is -2.55. The first-order chi connectivity index (χ1) is 10.2. The normalized spacial score (nSPS) is 18.0. The number of carbonyl (C=O) groups excluding carboxylic acids is 2. The van der Waals surface area contributed by atoms with Gasteiger partial charge >= 0.3 is 6.18 Å². The second-order valence-electron chi connectivity index (χ2n) is 5.20. The molecule has 0 aliphatic carbocycles. The highest BCUT2D eigenvalue weighted by Crippen LogP contribution is 2.38. The van der Waals surface area contributed by atoms with Crippen molar-refractivity contribution in [1.29, 1.82) is 0 Å². The molecule has 1 aromatic rings. The second kappa shape index (κ2) is 5.51. The van der Waals surface area contributed by atoms with Crippen LogP contribution in [0.3, 0.4) is 0 Å². The summed E-state index contributed by atoms with van der Waals surface area (Å²) in [4.78, 5) is 23.2. The molecule has 1 aliphatic heterocycles. The van der Waals surface area contributed by atoms with Crippen molar-refractivity contribution in [3.05, 3.63) is 35.4 Å². The fourth-order valence-corrected chi connectivity index (χ4v) is 2.67. The van der Waals surface area contributed by atoms with Gasteiger partial charge in [0.05, 0.1) is 11.5 Å². The summed E-state index contributed by atoms with van der Waals surface area (Å²) in [6, 6.07) is 4.06. The fourth-order valence-electron chi connectivity index (χ4n) is 2.67. The molecular formula is C14H12F3NO4-2. The molecule has 2 rings (SSSR count). The summed E-state index contributed by atoms with van der Waals surface area (Å²) in [5.41, 5.74) is -2.61. The van der Waals surface area contributed by atoms with E-state index in [-0.39, 0.29) is 31.5 Å². The molecule has 1 heterocycles. The standard InChI is InChI=1S/C14H14F3NO4/c15-14(16,17)10-3-1-2-9(8-10)13(11(19)20)4-6-18(7-5-13)12(21)22/h1-3,8H,4-7H2,(H,19,20)(H,21,22)/p-2.